The maximum Gasteiger partial charge on any atom is 0.494 e. The summed E-state index contributed by atoms with van der Waals surface area (Å²) in [4.78, 5) is 0. The van der Waals surface area contributed by atoms with Crippen LogP contribution in [-0.4, -0.2) is 22.9 Å². The van der Waals surface area contributed by atoms with Gasteiger partial charge in [0, 0.05) is 16.5 Å². The fourth-order valence-corrected chi connectivity index (χ4v) is 4.82. The van der Waals surface area contributed by atoms with E-state index in [0.29, 0.717) is 0 Å². The van der Waals surface area contributed by atoms with Crippen molar-refractivity contribution in [1.82, 2.24) is 4.57 Å². The molecule has 0 unspecified atom stereocenters. The Morgan fingerprint density at radius 3 is 1.30 bits per heavy atom. The smallest absolute Gasteiger partial charge is 0.399 e. The molecule has 5 aromatic rings. The molecule has 1 aliphatic rings. The van der Waals surface area contributed by atoms with Crippen LogP contribution in [0.25, 0.3) is 38.6 Å². The number of hydrogen-bond acceptors (Lipinski definition) is 2. The third-order valence-corrected chi connectivity index (χ3v) is 7.48. The standard InChI is InChI=1S/C30H28BNO2.3C2H6/c1-29(2)30(3,4)34-31(33-29)23-17-13-21(14-18-23)22-15-19-24(20-16-22)32-27-11-7-5-9-25(27)26-10-6-8-12-28(26)32;3*1-2/h5-20H,1-4H3;3*1-2H3. The summed E-state index contributed by atoms with van der Waals surface area (Å²) >= 11 is 0. The molecule has 3 nitrogen and oxygen atoms in total. The molecule has 0 bridgehead atoms. The third-order valence-electron chi connectivity index (χ3n) is 7.48. The molecule has 1 fully saturated rings. The highest BCUT2D eigenvalue weighted by Crippen LogP contribution is 2.37. The van der Waals surface area contributed by atoms with Crippen LogP contribution in [0.4, 0.5) is 0 Å². The third kappa shape index (κ3) is 5.89. The zero-order valence-corrected chi connectivity index (χ0v) is 26.1. The maximum atomic E-state index is 6.20. The summed E-state index contributed by atoms with van der Waals surface area (Å²) in [5, 5.41) is 2.56. The lowest BCUT2D eigenvalue weighted by atomic mass is 9.78. The van der Waals surface area contributed by atoms with Crippen LogP contribution < -0.4 is 5.46 Å². The fraction of sp³-hybridized carbons (Fsp3) is 0.333. The highest BCUT2D eigenvalue weighted by Gasteiger charge is 2.51. The van der Waals surface area contributed by atoms with Crippen LogP contribution in [-0.2, 0) is 9.31 Å². The lowest BCUT2D eigenvalue weighted by Gasteiger charge is -2.32. The summed E-state index contributed by atoms with van der Waals surface area (Å²) < 4.78 is 14.7. The molecule has 6 rings (SSSR count). The molecule has 0 N–H and O–H groups in total. The molecule has 4 aromatic carbocycles. The first-order valence-electron chi connectivity index (χ1n) is 14.9. The van der Waals surface area contributed by atoms with Crippen molar-refractivity contribution in [2.45, 2.75) is 80.4 Å². The summed E-state index contributed by atoms with van der Waals surface area (Å²) in [5.74, 6) is 0. The van der Waals surface area contributed by atoms with Crippen molar-refractivity contribution < 1.29 is 9.31 Å². The molecule has 1 aromatic heterocycles. The molecule has 1 saturated heterocycles. The number of benzene rings is 4. The second-order valence-corrected chi connectivity index (χ2v) is 10.1. The Kier molecular flexibility index (Phi) is 10.4. The summed E-state index contributed by atoms with van der Waals surface area (Å²) in [6, 6.07) is 34.5. The fourth-order valence-electron chi connectivity index (χ4n) is 4.82. The van der Waals surface area contributed by atoms with E-state index >= 15 is 0 Å². The monoisotopic (exact) mass is 535 g/mol. The number of para-hydroxylation sites is 2. The zero-order valence-electron chi connectivity index (χ0n) is 26.1. The largest absolute Gasteiger partial charge is 0.494 e. The van der Waals surface area contributed by atoms with Gasteiger partial charge in [0.25, 0.3) is 0 Å². The number of aromatic nitrogens is 1. The van der Waals surface area contributed by atoms with Crippen LogP contribution in [0.5, 0.6) is 0 Å². The van der Waals surface area contributed by atoms with Gasteiger partial charge in [0.15, 0.2) is 0 Å². The minimum absolute atomic E-state index is 0.334. The maximum absolute atomic E-state index is 6.20. The lowest BCUT2D eigenvalue weighted by molar-refractivity contribution is 0.00578. The van der Waals surface area contributed by atoms with Gasteiger partial charge in [0.05, 0.1) is 22.2 Å². The van der Waals surface area contributed by atoms with E-state index in [2.05, 4.69) is 129 Å². The first-order chi connectivity index (χ1) is 19.3. The predicted octanol–water partition coefficient (Wildman–Crippen LogP) is 9.83. The van der Waals surface area contributed by atoms with E-state index in [4.69, 9.17) is 9.31 Å². The normalized spacial score (nSPS) is 14.9. The number of hydrogen-bond donors (Lipinski definition) is 0. The SMILES string of the molecule is CC.CC.CC.CC1(C)OB(c2ccc(-c3ccc(-n4c5ccccc5c5ccccc54)cc3)cc2)OC1(C)C. The molecule has 0 amide bonds. The van der Waals surface area contributed by atoms with E-state index < -0.39 is 0 Å². The van der Waals surface area contributed by atoms with E-state index in [0.717, 1.165) is 11.2 Å². The van der Waals surface area contributed by atoms with Gasteiger partial charge in [-0.3, -0.25) is 0 Å². The Labute approximate surface area is 242 Å². The molecule has 0 atom stereocenters. The van der Waals surface area contributed by atoms with Crippen LogP contribution in [0, 0.1) is 0 Å². The van der Waals surface area contributed by atoms with Crippen LogP contribution in [0.2, 0.25) is 0 Å². The van der Waals surface area contributed by atoms with E-state index in [1.54, 1.807) is 0 Å². The molecule has 4 heteroatoms. The second kappa shape index (κ2) is 13.3. The van der Waals surface area contributed by atoms with Gasteiger partial charge in [-0.1, -0.05) is 114 Å². The molecule has 0 aliphatic carbocycles. The summed E-state index contributed by atoms with van der Waals surface area (Å²) in [6.07, 6.45) is 0. The van der Waals surface area contributed by atoms with E-state index in [1.165, 1.54) is 32.9 Å². The lowest BCUT2D eigenvalue weighted by Crippen LogP contribution is -2.41. The van der Waals surface area contributed by atoms with E-state index in [9.17, 15) is 0 Å². The van der Waals surface area contributed by atoms with Crippen molar-refractivity contribution in [3.63, 3.8) is 0 Å². The Bertz CT molecular complexity index is 1430. The molecule has 1 aliphatic heterocycles. The van der Waals surface area contributed by atoms with Crippen molar-refractivity contribution >= 4 is 34.4 Å². The average Bonchev–Trinajstić information content (AvgIpc) is 3.45. The Morgan fingerprint density at radius 2 is 0.875 bits per heavy atom. The van der Waals surface area contributed by atoms with Gasteiger partial charge in [0.2, 0.25) is 0 Å². The molecule has 0 spiro atoms. The molecule has 40 heavy (non-hydrogen) atoms. The van der Waals surface area contributed by atoms with Crippen molar-refractivity contribution in [2.24, 2.45) is 0 Å². The summed E-state index contributed by atoms with van der Waals surface area (Å²) in [5.41, 5.74) is 6.35. The van der Waals surface area contributed by atoms with Gasteiger partial charge in [-0.2, -0.15) is 0 Å². The summed E-state index contributed by atoms with van der Waals surface area (Å²) in [6.45, 7) is 20.3. The molecular weight excluding hydrogens is 489 g/mol. The molecular formula is C36H46BNO2. The van der Waals surface area contributed by atoms with Crippen LogP contribution >= 0.6 is 0 Å². The first kappa shape index (κ1) is 31.2. The number of fused-ring (bicyclic) bond motifs is 3. The first-order valence-corrected chi connectivity index (χ1v) is 14.9. The zero-order chi connectivity index (χ0) is 29.5. The van der Waals surface area contributed by atoms with Crippen molar-refractivity contribution in [3.05, 3.63) is 97.1 Å². The van der Waals surface area contributed by atoms with Crippen LogP contribution in [0.1, 0.15) is 69.2 Å². The van der Waals surface area contributed by atoms with Gasteiger partial charge in [-0.25, -0.2) is 0 Å². The van der Waals surface area contributed by atoms with Crippen LogP contribution in [0.3, 0.4) is 0 Å². The minimum Gasteiger partial charge on any atom is -0.399 e. The highest BCUT2D eigenvalue weighted by atomic mass is 16.7. The van der Waals surface area contributed by atoms with Gasteiger partial charge in [0.1, 0.15) is 0 Å². The Morgan fingerprint density at radius 1 is 0.500 bits per heavy atom. The van der Waals surface area contributed by atoms with Gasteiger partial charge in [-0.15, -0.1) is 0 Å². The highest BCUT2D eigenvalue weighted by molar-refractivity contribution is 6.62. The van der Waals surface area contributed by atoms with Gasteiger partial charge in [-0.05, 0) is 68.6 Å². The molecule has 2 heterocycles. The molecule has 0 saturated carbocycles. The second-order valence-electron chi connectivity index (χ2n) is 10.1. The van der Waals surface area contributed by atoms with Crippen molar-refractivity contribution in [1.29, 1.82) is 0 Å². The quantitative estimate of drug-likeness (QED) is 0.215. The van der Waals surface area contributed by atoms with Crippen molar-refractivity contribution in [2.75, 3.05) is 0 Å². The minimum atomic E-state index is -0.336. The molecule has 210 valence electrons. The van der Waals surface area contributed by atoms with Crippen LogP contribution in [0.15, 0.2) is 97.1 Å². The van der Waals surface area contributed by atoms with E-state index in [1.807, 2.05) is 41.5 Å². The Balaban J connectivity index is 0.000000691. The Hall–Kier alpha value is -3.34. The van der Waals surface area contributed by atoms with Gasteiger partial charge < -0.3 is 13.9 Å². The molecule has 0 radical (unpaired) electrons. The van der Waals surface area contributed by atoms with Crippen molar-refractivity contribution in [3.8, 4) is 16.8 Å². The summed E-state index contributed by atoms with van der Waals surface area (Å²) in [7, 11) is -0.336. The predicted molar refractivity (Wildman–Crippen MR) is 176 cm³/mol. The van der Waals surface area contributed by atoms with Gasteiger partial charge >= 0.3 is 7.12 Å². The van der Waals surface area contributed by atoms with E-state index in [-0.39, 0.29) is 18.3 Å². The number of rotatable bonds is 3. The average molecular weight is 536 g/mol. The topological polar surface area (TPSA) is 23.4 Å². The number of nitrogens with zero attached hydrogens (tertiary/aromatic N) is 1.